The maximum absolute atomic E-state index is 13.0. The SMILES string of the molecule is CN(Cc1ccc(F)cc1)c1ccc(-c2nc(C3CC3)no2)cn1. The Kier molecular flexibility index (Phi) is 3.72. The third-order valence-corrected chi connectivity index (χ3v) is 4.10. The van der Waals surface area contributed by atoms with Crippen LogP contribution in [0.1, 0.15) is 30.1 Å². The van der Waals surface area contributed by atoms with Crippen molar-refractivity contribution >= 4 is 5.82 Å². The Bertz CT molecular complexity index is 825. The largest absolute Gasteiger partial charge is 0.355 e. The molecule has 1 saturated carbocycles. The van der Waals surface area contributed by atoms with Gasteiger partial charge in [-0.25, -0.2) is 9.37 Å². The molecule has 0 bridgehead atoms. The Morgan fingerprint density at radius 3 is 2.62 bits per heavy atom. The van der Waals surface area contributed by atoms with Crippen LogP contribution < -0.4 is 4.90 Å². The molecule has 2 heterocycles. The molecular formula is C18H17FN4O. The molecule has 6 heteroatoms. The van der Waals surface area contributed by atoms with E-state index in [2.05, 4.69) is 15.1 Å². The molecule has 0 unspecified atom stereocenters. The summed E-state index contributed by atoms with van der Waals surface area (Å²) in [6.45, 7) is 0.652. The van der Waals surface area contributed by atoms with Crippen molar-refractivity contribution in [2.45, 2.75) is 25.3 Å². The van der Waals surface area contributed by atoms with Crippen molar-refractivity contribution in [2.24, 2.45) is 0 Å². The Labute approximate surface area is 139 Å². The van der Waals surface area contributed by atoms with Crippen molar-refractivity contribution in [1.82, 2.24) is 15.1 Å². The van der Waals surface area contributed by atoms with Crippen molar-refractivity contribution in [3.63, 3.8) is 0 Å². The molecule has 1 aromatic carbocycles. The lowest BCUT2D eigenvalue weighted by atomic mass is 10.2. The van der Waals surface area contributed by atoms with Crippen molar-refractivity contribution in [3.05, 3.63) is 59.8 Å². The molecule has 24 heavy (non-hydrogen) atoms. The number of hydrogen-bond acceptors (Lipinski definition) is 5. The van der Waals surface area contributed by atoms with E-state index in [1.165, 1.54) is 12.1 Å². The van der Waals surface area contributed by atoms with Gasteiger partial charge in [0, 0.05) is 25.7 Å². The Hall–Kier alpha value is -2.76. The van der Waals surface area contributed by atoms with Crippen LogP contribution in [0.15, 0.2) is 47.1 Å². The molecule has 0 aliphatic heterocycles. The summed E-state index contributed by atoms with van der Waals surface area (Å²) in [5.74, 6) is 2.37. The molecule has 1 fully saturated rings. The topological polar surface area (TPSA) is 55.1 Å². The van der Waals surface area contributed by atoms with E-state index in [0.717, 1.165) is 35.6 Å². The van der Waals surface area contributed by atoms with Crippen LogP contribution in [-0.2, 0) is 6.54 Å². The van der Waals surface area contributed by atoms with Gasteiger partial charge in [-0.15, -0.1) is 0 Å². The molecular weight excluding hydrogens is 307 g/mol. The van der Waals surface area contributed by atoms with E-state index in [4.69, 9.17) is 4.52 Å². The molecule has 1 aliphatic carbocycles. The monoisotopic (exact) mass is 324 g/mol. The quantitative estimate of drug-likeness (QED) is 0.715. The zero-order chi connectivity index (χ0) is 16.5. The molecule has 3 aromatic rings. The Morgan fingerprint density at radius 1 is 1.17 bits per heavy atom. The number of nitrogens with zero attached hydrogens (tertiary/aromatic N) is 4. The number of pyridine rings is 1. The highest BCUT2D eigenvalue weighted by Crippen LogP contribution is 2.38. The number of hydrogen-bond donors (Lipinski definition) is 0. The molecule has 2 aromatic heterocycles. The molecule has 0 N–H and O–H groups in total. The molecule has 0 spiro atoms. The summed E-state index contributed by atoms with van der Waals surface area (Å²) >= 11 is 0. The van der Waals surface area contributed by atoms with Gasteiger partial charge in [-0.2, -0.15) is 4.98 Å². The fourth-order valence-corrected chi connectivity index (χ4v) is 2.54. The maximum Gasteiger partial charge on any atom is 0.259 e. The molecule has 122 valence electrons. The van der Waals surface area contributed by atoms with Gasteiger partial charge in [-0.1, -0.05) is 17.3 Å². The van der Waals surface area contributed by atoms with Crippen LogP contribution in [0, 0.1) is 5.82 Å². The number of rotatable bonds is 5. The first-order chi connectivity index (χ1) is 11.7. The van der Waals surface area contributed by atoms with Gasteiger partial charge in [0.15, 0.2) is 5.82 Å². The smallest absolute Gasteiger partial charge is 0.259 e. The summed E-state index contributed by atoms with van der Waals surface area (Å²) in [4.78, 5) is 10.9. The van der Waals surface area contributed by atoms with Crippen molar-refractivity contribution in [1.29, 1.82) is 0 Å². The number of benzene rings is 1. The molecule has 0 amide bonds. The molecule has 0 atom stereocenters. The third-order valence-electron chi connectivity index (χ3n) is 4.10. The lowest BCUT2D eigenvalue weighted by Crippen LogP contribution is -2.17. The maximum atomic E-state index is 13.0. The van der Waals surface area contributed by atoms with Crippen molar-refractivity contribution in [3.8, 4) is 11.5 Å². The van der Waals surface area contributed by atoms with Crippen LogP contribution in [0.2, 0.25) is 0 Å². The summed E-state index contributed by atoms with van der Waals surface area (Å²) in [5, 5.41) is 4.02. The van der Waals surface area contributed by atoms with E-state index in [-0.39, 0.29) is 5.82 Å². The summed E-state index contributed by atoms with van der Waals surface area (Å²) < 4.78 is 18.3. The molecule has 0 radical (unpaired) electrons. The van der Waals surface area contributed by atoms with E-state index >= 15 is 0 Å². The minimum Gasteiger partial charge on any atom is -0.355 e. The number of halogens is 1. The van der Waals surface area contributed by atoms with Crippen LogP contribution in [0.5, 0.6) is 0 Å². The van der Waals surface area contributed by atoms with E-state index in [0.29, 0.717) is 18.4 Å². The van der Waals surface area contributed by atoms with Gasteiger partial charge >= 0.3 is 0 Å². The van der Waals surface area contributed by atoms with Crippen LogP contribution in [0.4, 0.5) is 10.2 Å². The summed E-state index contributed by atoms with van der Waals surface area (Å²) in [5.41, 5.74) is 1.84. The fourth-order valence-electron chi connectivity index (χ4n) is 2.54. The highest BCUT2D eigenvalue weighted by atomic mass is 19.1. The predicted molar refractivity (Wildman–Crippen MR) is 88.0 cm³/mol. The van der Waals surface area contributed by atoms with Gasteiger partial charge in [0.25, 0.3) is 5.89 Å². The summed E-state index contributed by atoms with van der Waals surface area (Å²) in [7, 11) is 1.95. The van der Waals surface area contributed by atoms with Gasteiger partial charge in [0.1, 0.15) is 11.6 Å². The standard InChI is InChI=1S/C18H17FN4O/c1-23(11-12-2-7-15(19)8-3-12)16-9-6-14(10-20-16)18-21-17(22-24-18)13-4-5-13/h2-3,6-10,13H,4-5,11H2,1H3. The van der Waals surface area contributed by atoms with Crippen LogP contribution >= 0.6 is 0 Å². The minimum absolute atomic E-state index is 0.228. The fraction of sp³-hybridized carbons (Fsp3) is 0.278. The predicted octanol–water partition coefficient (Wildman–Crippen LogP) is 3.78. The zero-order valence-electron chi connectivity index (χ0n) is 13.3. The molecule has 1 aliphatic rings. The number of anilines is 1. The van der Waals surface area contributed by atoms with E-state index in [9.17, 15) is 4.39 Å². The normalized spacial score (nSPS) is 13.9. The second kappa shape index (κ2) is 6.03. The summed E-state index contributed by atoms with van der Waals surface area (Å²) in [6, 6.07) is 10.3. The minimum atomic E-state index is -0.228. The average Bonchev–Trinajstić information content (AvgIpc) is 3.34. The van der Waals surface area contributed by atoms with Gasteiger partial charge in [0.2, 0.25) is 0 Å². The average molecular weight is 324 g/mol. The second-order valence-corrected chi connectivity index (χ2v) is 6.12. The lowest BCUT2D eigenvalue weighted by Gasteiger charge is -2.18. The first kappa shape index (κ1) is 14.8. The first-order valence-corrected chi connectivity index (χ1v) is 7.94. The van der Waals surface area contributed by atoms with Crippen molar-refractivity contribution in [2.75, 3.05) is 11.9 Å². The van der Waals surface area contributed by atoms with Gasteiger partial charge in [-0.05, 0) is 42.7 Å². The summed E-state index contributed by atoms with van der Waals surface area (Å²) in [6.07, 6.45) is 4.02. The molecule has 0 saturated heterocycles. The lowest BCUT2D eigenvalue weighted by molar-refractivity contribution is 0.422. The van der Waals surface area contributed by atoms with Crippen LogP contribution in [-0.4, -0.2) is 22.2 Å². The van der Waals surface area contributed by atoms with Crippen LogP contribution in [0.25, 0.3) is 11.5 Å². The van der Waals surface area contributed by atoms with E-state index in [1.54, 1.807) is 18.3 Å². The molecule has 5 nitrogen and oxygen atoms in total. The third kappa shape index (κ3) is 3.13. The van der Waals surface area contributed by atoms with E-state index in [1.807, 2.05) is 24.1 Å². The van der Waals surface area contributed by atoms with Gasteiger partial charge in [0.05, 0.1) is 5.56 Å². The van der Waals surface area contributed by atoms with E-state index < -0.39 is 0 Å². The second-order valence-electron chi connectivity index (χ2n) is 6.12. The van der Waals surface area contributed by atoms with Gasteiger partial charge < -0.3 is 9.42 Å². The highest BCUT2D eigenvalue weighted by Gasteiger charge is 2.29. The first-order valence-electron chi connectivity index (χ1n) is 7.94. The zero-order valence-corrected chi connectivity index (χ0v) is 13.3. The Morgan fingerprint density at radius 2 is 1.96 bits per heavy atom. The van der Waals surface area contributed by atoms with Crippen molar-refractivity contribution < 1.29 is 8.91 Å². The Balaban J connectivity index is 1.46. The van der Waals surface area contributed by atoms with Gasteiger partial charge in [-0.3, -0.25) is 0 Å². The highest BCUT2D eigenvalue weighted by molar-refractivity contribution is 5.54. The number of aromatic nitrogens is 3. The van der Waals surface area contributed by atoms with Crippen LogP contribution in [0.3, 0.4) is 0 Å². The molecule has 4 rings (SSSR count).